The second-order valence-electron chi connectivity index (χ2n) is 9.52. The van der Waals surface area contributed by atoms with Gasteiger partial charge in [-0.25, -0.2) is 4.57 Å². The molecular formula is C27H59O7P. The third kappa shape index (κ3) is 34.0. The van der Waals surface area contributed by atoms with E-state index in [-0.39, 0.29) is 13.2 Å². The van der Waals surface area contributed by atoms with Crippen molar-refractivity contribution in [1.82, 2.24) is 0 Å². The summed E-state index contributed by atoms with van der Waals surface area (Å²) in [5.41, 5.74) is 0. The van der Waals surface area contributed by atoms with Gasteiger partial charge >= 0.3 is 7.82 Å². The van der Waals surface area contributed by atoms with E-state index in [0.717, 1.165) is 25.7 Å². The third-order valence-corrected chi connectivity index (χ3v) is 6.94. The van der Waals surface area contributed by atoms with E-state index in [4.69, 9.17) is 24.4 Å². The molecule has 0 aromatic carbocycles. The van der Waals surface area contributed by atoms with Gasteiger partial charge in [-0.2, -0.15) is 0 Å². The van der Waals surface area contributed by atoms with Crippen LogP contribution in [0.4, 0.5) is 0 Å². The van der Waals surface area contributed by atoms with Gasteiger partial charge in [-0.05, 0) is 12.8 Å². The number of aliphatic hydroxyl groups is 3. The van der Waals surface area contributed by atoms with E-state index >= 15 is 0 Å². The lowest BCUT2D eigenvalue weighted by molar-refractivity contribution is 0.0450. The normalized spacial score (nSPS) is 11.6. The van der Waals surface area contributed by atoms with E-state index in [1.54, 1.807) is 0 Å². The summed E-state index contributed by atoms with van der Waals surface area (Å²) in [4.78, 5) is 9.71. The predicted octanol–water partition coefficient (Wildman–Crippen LogP) is 7.29. The molecule has 0 aromatic heterocycles. The van der Waals surface area contributed by atoms with Crippen LogP contribution in [0.25, 0.3) is 0 Å². The summed E-state index contributed by atoms with van der Waals surface area (Å²) < 4.78 is 22.0. The first-order valence-corrected chi connectivity index (χ1v) is 15.9. The molecule has 0 saturated carbocycles. The highest BCUT2D eigenvalue weighted by molar-refractivity contribution is 7.47. The minimum Gasteiger partial charge on any atom is -0.394 e. The van der Waals surface area contributed by atoms with Crippen molar-refractivity contribution >= 4 is 7.82 Å². The molecule has 0 saturated heterocycles. The summed E-state index contributed by atoms with van der Waals surface area (Å²) in [6, 6.07) is 0. The number of phosphoric acid groups is 1. The molecule has 0 rings (SSSR count). The molecule has 0 bridgehead atoms. The highest BCUT2D eigenvalue weighted by Crippen LogP contribution is 2.43. The van der Waals surface area contributed by atoms with Gasteiger partial charge in [0.1, 0.15) is 6.10 Å². The number of unbranched alkanes of at least 4 members (excludes halogenated alkanes) is 18. The Labute approximate surface area is 216 Å². The topological polar surface area (TPSA) is 116 Å². The minimum absolute atomic E-state index is 0.322. The number of aliphatic hydroxyl groups excluding tert-OH is 3. The van der Waals surface area contributed by atoms with Crippen LogP contribution >= 0.6 is 7.82 Å². The average Bonchev–Trinajstić information content (AvgIpc) is 2.85. The summed E-state index contributed by atoms with van der Waals surface area (Å²) in [6.45, 7) is 4.41. The second-order valence-corrected chi connectivity index (χ2v) is 11.0. The Hall–Kier alpha value is -0.0100. The third-order valence-electron chi connectivity index (χ3n) is 5.93. The summed E-state index contributed by atoms with van der Waals surface area (Å²) in [5, 5.41) is 24.0. The standard InChI is InChI=1S/C24H51O4P.C3H8O3/c1-3-5-7-9-11-13-15-17-19-21-23-27-29(25,26)28-24-22-20-18-16-14-12-10-8-6-4-2;4-1-3(6)2-5/h3-24H2,1-2H3,(H,25,26);3-6H,1-2H2. The van der Waals surface area contributed by atoms with Gasteiger partial charge in [0, 0.05) is 0 Å². The van der Waals surface area contributed by atoms with Gasteiger partial charge in [0.15, 0.2) is 0 Å². The largest absolute Gasteiger partial charge is 0.472 e. The van der Waals surface area contributed by atoms with Crippen molar-refractivity contribution < 1.29 is 33.8 Å². The van der Waals surface area contributed by atoms with Gasteiger partial charge in [-0.3, -0.25) is 9.05 Å². The Bertz CT molecular complexity index is 404. The first-order valence-electron chi connectivity index (χ1n) is 14.4. The van der Waals surface area contributed by atoms with E-state index in [9.17, 15) is 9.46 Å². The van der Waals surface area contributed by atoms with Crippen LogP contribution in [0.2, 0.25) is 0 Å². The molecule has 0 atom stereocenters. The highest BCUT2D eigenvalue weighted by atomic mass is 31.2. The quantitative estimate of drug-likeness (QED) is 0.0690. The van der Waals surface area contributed by atoms with Gasteiger partial charge in [0.05, 0.1) is 26.4 Å². The van der Waals surface area contributed by atoms with Crippen molar-refractivity contribution in [2.24, 2.45) is 0 Å². The van der Waals surface area contributed by atoms with E-state index in [0.29, 0.717) is 13.2 Å². The molecule has 4 N–H and O–H groups in total. The van der Waals surface area contributed by atoms with Crippen LogP contribution in [0.1, 0.15) is 142 Å². The lowest BCUT2D eigenvalue weighted by Gasteiger charge is -2.12. The molecule has 7 nitrogen and oxygen atoms in total. The predicted molar refractivity (Wildman–Crippen MR) is 146 cm³/mol. The average molecular weight is 527 g/mol. The zero-order valence-electron chi connectivity index (χ0n) is 23.0. The Morgan fingerprint density at radius 2 is 0.800 bits per heavy atom. The van der Waals surface area contributed by atoms with Gasteiger partial charge in [-0.1, -0.05) is 129 Å². The maximum absolute atomic E-state index is 11.8. The van der Waals surface area contributed by atoms with Crippen molar-refractivity contribution in [3.8, 4) is 0 Å². The van der Waals surface area contributed by atoms with Crippen LogP contribution in [-0.4, -0.2) is 52.7 Å². The molecule has 214 valence electrons. The van der Waals surface area contributed by atoms with E-state index in [1.165, 1.54) is 103 Å². The Morgan fingerprint density at radius 3 is 1.03 bits per heavy atom. The van der Waals surface area contributed by atoms with Crippen LogP contribution in [0.5, 0.6) is 0 Å². The van der Waals surface area contributed by atoms with E-state index in [2.05, 4.69) is 13.8 Å². The van der Waals surface area contributed by atoms with Crippen molar-refractivity contribution in [2.75, 3.05) is 26.4 Å². The fourth-order valence-electron chi connectivity index (χ4n) is 3.63. The fraction of sp³-hybridized carbons (Fsp3) is 1.00. The molecule has 8 heteroatoms. The fourth-order valence-corrected chi connectivity index (χ4v) is 4.43. The molecule has 0 aliphatic carbocycles. The Morgan fingerprint density at radius 1 is 0.543 bits per heavy atom. The van der Waals surface area contributed by atoms with Crippen molar-refractivity contribution in [3.05, 3.63) is 0 Å². The van der Waals surface area contributed by atoms with Crippen molar-refractivity contribution in [1.29, 1.82) is 0 Å². The maximum Gasteiger partial charge on any atom is 0.472 e. The van der Waals surface area contributed by atoms with Crippen LogP contribution in [0.3, 0.4) is 0 Å². The highest BCUT2D eigenvalue weighted by Gasteiger charge is 2.19. The number of phosphoric ester groups is 1. The Balaban J connectivity index is 0. The number of hydrogen-bond acceptors (Lipinski definition) is 6. The molecule has 0 amide bonds. The van der Waals surface area contributed by atoms with Gasteiger partial charge in [0.2, 0.25) is 0 Å². The zero-order chi connectivity index (χ0) is 26.5. The van der Waals surface area contributed by atoms with Gasteiger partial charge < -0.3 is 20.2 Å². The summed E-state index contributed by atoms with van der Waals surface area (Å²) in [5.74, 6) is 0. The van der Waals surface area contributed by atoms with Gasteiger partial charge in [-0.15, -0.1) is 0 Å². The molecule has 0 aromatic rings. The molecule has 0 unspecified atom stereocenters. The van der Waals surface area contributed by atoms with E-state index in [1.807, 2.05) is 0 Å². The number of hydrogen-bond donors (Lipinski definition) is 4. The monoisotopic (exact) mass is 526 g/mol. The molecular weight excluding hydrogens is 467 g/mol. The minimum atomic E-state index is -3.85. The SMILES string of the molecule is CCCCCCCCCCCCOP(=O)(O)OCCCCCCCCCCCC.OCC(O)CO. The summed E-state index contributed by atoms with van der Waals surface area (Å²) >= 11 is 0. The molecule has 35 heavy (non-hydrogen) atoms. The zero-order valence-corrected chi connectivity index (χ0v) is 23.9. The molecule has 0 heterocycles. The summed E-state index contributed by atoms with van der Waals surface area (Å²) in [7, 11) is -3.85. The Kier molecular flexibility index (Phi) is 32.1. The number of rotatable bonds is 26. The molecule has 0 aliphatic heterocycles. The van der Waals surface area contributed by atoms with Crippen LogP contribution in [0, 0.1) is 0 Å². The molecule has 0 radical (unpaired) electrons. The first kappa shape index (κ1) is 37.1. The van der Waals surface area contributed by atoms with E-state index < -0.39 is 13.9 Å². The molecule has 0 spiro atoms. The smallest absolute Gasteiger partial charge is 0.394 e. The second kappa shape index (κ2) is 30.2. The van der Waals surface area contributed by atoms with Crippen LogP contribution < -0.4 is 0 Å². The lowest BCUT2D eigenvalue weighted by Crippen LogP contribution is -2.15. The van der Waals surface area contributed by atoms with Gasteiger partial charge in [0.25, 0.3) is 0 Å². The molecule has 0 fully saturated rings. The summed E-state index contributed by atoms with van der Waals surface area (Å²) in [6.07, 6.45) is 23.8. The maximum atomic E-state index is 11.8. The van der Waals surface area contributed by atoms with Crippen molar-refractivity contribution in [3.63, 3.8) is 0 Å². The lowest BCUT2D eigenvalue weighted by atomic mass is 10.1. The molecule has 0 aliphatic rings. The van der Waals surface area contributed by atoms with Crippen LogP contribution in [0.15, 0.2) is 0 Å². The van der Waals surface area contributed by atoms with Crippen LogP contribution in [-0.2, 0) is 13.6 Å². The first-order chi connectivity index (χ1) is 16.9. The van der Waals surface area contributed by atoms with Crippen molar-refractivity contribution in [2.45, 2.75) is 148 Å².